The molecule has 1 heterocycles. The van der Waals surface area contributed by atoms with E-state index in [1.807, 2.05) is 6.92 Å². The van der Waals surface area contributed by atoms with Crippen LogP contribution in [-0.4, -0.2) is 44.9 Å². The van der Waals surface area contributed by atoms with Crippen LogP contribution < -0.4 is 16.2 Å². The zero-order chi connectivity index (χ0) is 17.3. The van der Waals surface area contributed by atoms with Crippen LogP contribution in [0.1, 0.15) is 20.3 Å². The molecule has 0 radical (unpaired) electrons. The predicted molar refractivity (Wildman–Crippen MR) is 96.5 cm³/mol. The van der Waals surface area contributed by atoms with Gasteiger partial charge in [-0.2, -0.15) is 0 Å². The molecule has 0 aromatic heterocycles. The first-order valence-electron chi connectivity index (χ1n) is 7.52. The van der Waals surface area contributed by atoms with Crippen LogP contribution in [0.15, 0.2) is 29.2 Å². The number of likely N-dealkylation sites (tertiary alicyclic amines) is 1. The normalized spacial score (nSPS) is 22.7. The van der Waals surface area contributed by atoms with Crippen molar-refractivity contribution in [2.24, 2.45) is 16.3 Å². The number of halogens is 1. The lowest BCUT2D eigenvalue weighted by Gasteiger charge is -2.26. The summed E-state index contributed by atoms with van der Waals surface area (Å²) in [5, 5.41) is 7.84. The van der Waals surface area contributed by atoms with Crippen molar-refractivity contribution in [3.8, 4) is 0 Å². The van der Waals surface area contributed by atoms with Crippen molar-refractivity contribution in [1.82, 2.24) is 4.90 Å². The van der Waals surface area contributed by atoms with Crippen LogP contribution in [0.2, 0.25) is 0 Å². The van der Waals surface area contributed by atoms with Gasteiger partial charge in [-0.05, 0) is 56.1 Å². The minimum atomic E-state index is -3.73. The number of nitrogens with zero attached hydrogens (tertiary/aromatic N) is 1. The maximum absolute atomic E-state index is 12.4. The fraction of sp³-hybridized carbons (Fsp3) is 0.533. The van der Waals surface area contributed by atoms with E-state index in [1.54, 1.807) is 0 Å². The lowest BCUT2D eigenvalue weighted by atomic mass is 9.90. The highest BCUT2D eigenvalue weighted by Gasteiger charge is 2.36. The number of rotatable bonds is 5. The summed E-state index contributed by atoms with van der Waals surface area (Å²) in [6.07, 6.45) is 0.976. The summed E-state index contributed by atoms with van der Waals surface area (Å²) in [7, 11) is -3.73. The third-order valence-electron chi connectivity index (χ3n) is 4.46. The first-order valence-corrected chi connectivity index (χ1v) is 9.07. The number of amides is 1. The van der Waals surface area contributed by atoms with Crippen molar-refractivity contribution in [2.75, 3.05) is 25.0 Å². The van der Waals surface area contributed by atoms with E-state index in [1.165, 1.54) is 24.3 Å². The van der Waals surface area contributed by atoms with Crippen LogP contribution in [0.3, 0.4) is 0 Å². The molecule has 1 aromatic carbocycles. The monoisotopic (exact) mass is 376 g/mol. The second-order valence-corrected chi connectivity index (χ2v) is 8.03. The minimum absolute atomic E-state index is 0. The molecule has 0 saturated carbocycles. The fourth-order valence-corrected chi connectivity index (χ4v) is 3.22. The van der Waals surface area contributed by atoms with E-state index in [9.17, 15) is 13.2 Å². The second kappa shape index (κ2) is 7.79. The lowest BCUT2D eigenvalue weighted by molar-refractivity contribution is -0.120. The largest absolute Gasteiger partial charge is 0.330 e. The Morgan fingerprint density at radius 3 is 2.42 bits per heavy atom. The third kappa shape index (κ3) is 4.90. The topological polar surface area (TPSA) is 119 Å². The number of primary sulfonamides is 1. The van der Waals surface area contributed by atoms with Crippen LogP contribution >= 0.6 is 12.4 Å². The summed E-state index contributed by atoms with van der Waals surface area (Å²) in [6, 6.07) is 5.52. The van der Waals surface area contributed by atoms with Gasteiger partial charge in [0.25, 0.3) is 0 Å². The molecular weight excluding hydrogens is 352 g/mol. The first kappa shape index (κ1) is 20.9. The van der Waals surface area contributed by atoms with Gasteiger partial charge in [-0.1, -0.05) is 6.92 Å². The Morgan fingerprint density at radius 1 is 1.38 bits per heavy atom. The molecule has 2 unspecified atom stereocenters. The number of carbonyl (C=O) groups is 1. The minimum Gasteiger partial charge on any atom is -0.330 e. The van der Waals surface area contributed by atoms with E-state index in [2.05, 4.69) is 17.1 Å². The van der Waals surface area contributed by atoms with Gasteiger partial charge in [-0.3, -0.25) is 9.69 Å². The first-order chi connectivity index (χ1) is 10.6. The standard InChI is InChI=1S/C15H24N4O3S.ClH/c1-11(19-8-7-15(2,9-16)10-19)14(20)18-12-3-5-13(6-4-12)23(17,21)22;/h3-6,11H,7-10,16H2,1-2H3,(H,18,20)(H2,17,21,22);1H. The van der Waals surface area contributed by atoms with Crippen LogP contribution in [0, 0.1) is 5.41 Å². The molecule has 24 heavy (non-hydrogen) atoms. The zero-order valence-electron chi connectivity index (χ0n) is 13.9. The average molecular weight is 377 g/mol. The molecule has 1 fully saturated rings. The second-order valence-electron chi connectivity index (χ2n) is 6.47. The van der Waals surface area contributed by atoms with Crippen LogP contribution in [0.4, 0.5) is 5.69 Å². The molecule has 0 bridgehead atoms. The maximum Gasteiger partial charge on any atom is 0.241 e. The van der Waals surface area contributed by atoms with Crippen molar-refractivity contribution in [3.63, 3.8) is 0 Å². The molecule has 1 aliphatic heterocycles. The molecule has 2 atom stereocenters. The molecule has 2 rings (SSSR count). The van der Waals surface area contributed by atoms with E-state index in [0.29, 0.717) is 12.2 Å². The lowest BCUT2D eigenvalue weighted by Crippen LogP contribution is -2.42. The summed E-state index contributed by atoms with van der Waals surface area (Å²) >= 11 is 0. The van der Waals surface area contributed by atoms with Crippen LogP contribution in [-0.2, 0) is 14.8 Å². The molecule has 0 aliphatic carbocycles. The molecule has 0 spiro atoms. The highest BCUT2D eigenvalue weighted by Crippen LogP contribution is 2.30. The Hall–Kier alpha value is -1.19. The number of nitrogens with two attached hydrogens (primary N) is 2. The van der Waals surface area contributed by atoms with Gasteiger partial charge in [0.05, 0.1) is 10.9 Å². The Balaban J connectivity index is 0.00000288. The summed E-state index contributed by atoms with van der Waals surface area (Å²) in [4.78, 5) is 14.5. The summed E-state index contributed by atoms with van der Waals surface area (Å²) < 4.78 is 22.4. The predicted octanol–water partition coefficient (Wildman–Crippen LogP) is 0.754. The van der Waals surface area contributed by atoms with E-state index in [0.717, 1.165) is 19.5 Å². The summed E-state index contributed by atoms with van der Waals surface area (Å²) in [5.74, 6) is -0.130. The summed E-state index contributed by atoms with van der Waals surface area (Å²) in [6.45, 7) is 6.22. The number of carbonyl (C=O) groups excluding carboxylic acids is 1. The number of sulfonamides is 1. The molecule has 1 aliphatic rings. The van der Waals surface area contributed by atoms with E-state index in [4.69, 9.17) is 10.9 Å². The molecule has 7 nitrogen and oxygen atoms in total. The Bertz CT molecular complexity index is 680. The van der Waals surface area contributed by atoms with Gasteiger partial charge in [0.2, 0.25) is 15.9 Å². The van der Waals surface area contributed by atoms with Gasteiger partial charge in [-0.25, -0.2) is 13.6 Å². The van der Waals surface area contributed by atoms with E-state index < -0.39 is 10.0 Å². The van der Waals surface area contributed by atoms with Crippen molar-refractivity contribution in [3.05, 3.63) is 24.3 Å². The highest BCUT2D eigenvalue weighted by atomic mass is 35.5. The zero-order valence-corrected chi connectivity index (χ0v) is 15.5. The van der Waals surface area contributed by atoms with E-state index >= 15 is 0 Å². The van der Waals surface area contributed by atoms with Crippen molar-refractivity contribution in [2.45, 2.75) is 31.2 Å². The van der Waals surface area contributed by atoms with Gasteiger partial charge in [-0.15, -0.1) is 12.4 Å². The number of benzene rings is 1. The molecule has 1 saturated heterocycles. The van der Waals surface area contributed by atoms with E-state index in [-0.39, 0.29) is 34.7 Å². The Kier molecular flexibility index (Phi) is 6.77. The quantitative estimate of drug-likeness (QED) is 0.700. The Morgan fingerprint density at radius 2 is 1.96 bits per heavy atom. The average Bonchev–Trinajstić information content (AvgIpc) is 2.89. The molecule has 1 aromatic rings. The van der Waals surface area contributed by atoms with Crippen LogP contribution in [0.25, 0.3) is 0 Å². The van der Waals surface area contributed by atoms with Gasteiger partial charge in [0.1, 0.15) is 0 Å². The molecular formula is C15H25ClN4O3S. The smallest absolute Gasteiger partial charge is 0.241 e. The van der Waals surface area contributed by atoms with Crippen molar-refractivity contribution < 1.29 is 13.2 Å². The van der Waals surface area contributed by atoms with Gasteiger partial charge >= 0.3 is 0 Å². The van der Waals surface area contributed by atoms with Crippen LogP contribution in [0.5, 0.6) is 0 Å². The molecule has 1 amide bonds. The van der Waals surface area contributed by atoms with Gasteiger partial charge in [0.15, 0.2) is 0 Å². The summed E-state index contributed by atoms with van der Waals surface area (Å²) in [5.41, 5.74) is 6.39. The SMILES string of the molecule is CC(C(=O)Nc1ccc(S(N)(=O)=O)cc1)N1CCC(C)(CN)C1.Cl. The third-order valence-corrected chi connectivity index (χ3v) is 5.39. The fourth-order valence-electron chi connectivity index (χ4n) is 2.70. The van der Waals surface area contributed by atoms with Gasteiger partial charge in [0, 0.05) is 12.2 Å². The Labute approximate surface area is 149 Å². The van der Waals surface area contributed by atoms with Crippen molar-refractivity contribution >= 4 is 34.0 Å². The van der Waals surface area contributed by atoms with Gasteiger partial charge < -0.3 is 11.1 Å². The molecule has 9 heteroatoms. The van der Waals surface area contributed by atoms with Crippen molar-refractivity contribution in [1.29, 1.82) is 0 Å². The number of hydrogen-bond donors (Lipinski definition) is 3. The maximum atomic E-state index is 12.4. The molecule has 5 N–H and O–H groups in total. The number of anilines is 1. The number of hydrogen-bond acceptors (Lipinski definition) is 5. The highest BCUT2D eigenvalue weighted by molar-refractivity contribution is 7.89. The molecule has 136 valence electrons. The number of nitrogens with one attached hydrogen (secondary N) is 1.